The van der Waals surface area contributed by atoms with Crippen LogP contribution in [0.2, 0.25) is 10.0 Å². The molecular formula is C20H25Cl2NO2. The second-order valence-corrected chi connectivity index (χ2v) is 6.55. The molecule has 0 radical (unpaired) electrons. The summed E-state index contributed by atoms with van der Waals surface area (Å²) in [6.45, 7) is 6.86. The first-order chi connectivity index (χ1) is 12.2. The number of rotatable bonds is 10. The average molecular weight is 382 g/mol. The fourth-order valence-corrected chi connectivity index (χ4v) is 2.91. The van der Waals surface area contributed by atoms with Crippen molar-refractivity contribution in [2.45, 2.75) is 39.8 Å². The maximum atomic E-state index is 6.20. The molecule has 0 heterocycles. The lowest BCUT2D eigenvalue weighted by atomic mass is 10.2. The Labute approximate surface area is 160 Å². The van der Waals surface area contributed by atoms with Gasteiger partial charge in [0.2, 0.25) is 0 Å². The Morgan fingerprint density at radius 2 is 1.72 bits per heavy atom. The maximum Gasteiger partial charge on any atom is 0.161 e. The van der Waals surface area contributed by atoms with E-state index in [9.17, 15) is 0 Å². The molecule has 5 heteroatoms. The van der Waals surface area contributed by atoms with Crippen molar-refractivity contribution in [1.29, 1.82) is 0 Å². The molecule has 0 spiro atoms. The molecule has 0 aliphatic rings. The first-order valence-corrected chi connectivity index (χ1v) is 9.43. The van der Waals surface area contributed by atoms with Crippen molar-refractivity contribution in [3.8, 4) is 11.5 Å². The molecule has 0 aromatic heterocycles. The monoisotopic (exact) mass is 381 g/mol. The quantitative estimate of drug-likeness (QED) is 0.522. The maximum absolute atomic E-state index is 6.20. The van der Waals surface area contributed by atoms with Crippen molar-refractivity contribution in [1.82, 2.24) is 5.32 Å². The van der Waals surface area contributed by atoms with E-state index in [2.05, 4.69) is 12.2 Å². The van der Waals surface area contributed by atoms with Gasteiger partial charge in [-0.1, -0.05) is 48.7 Å². The normalized spacial score (nSPS) is 10.7. The molecule has 2 rings (SSSR count). The summed E-state index contributed by atoms with van der Waals surface area (Å²) in [4.78, 5) is 0. The second-order valence-electron chi connectivity index (χ2n) is 5.73. The number of nitrogens with one attached hydrogen (secondary N) is 1. The van der Waals surface area contributed by atoms with E-state index in [0.29, 0.717) is 29.0 Å². The summed E-state index contributed by atoms with van der Waals surface area (Å²) in [6, 6.07) is 11.4. The van der Waals surface area contributed by atoms with E-state index in [4.69, 9.17) is 32.7 Å². The topological polar surface area (TPSA) is 30.5 Å². The lowest BCUT2D eigenvalue weighted by Crippen LogP contribution is -2.14. The van der Waals surface area contributed by atoms with Crippen molar-refractivity contribution >= 4 is 23.2 Å². The van der Waals surface area contributed by atoms with E-state index in [1.165, 1.54) is 18.4 Å². The van der Waals surface area contributed by atoms with E-state index < -0.39 is 0 Å². The number of hydrogen-bond acceptors (Lipinski definition) is 3. The molecule has 0 fully saturated rings. The Morgan fingerprint density at radius 1 is 0.960 bits per heavy atom. The molecule has 0 aliphatic heterocycles. The summed E-state index contributed by atoms with van der Waals surface area (Å²) >= 11 is 12.4. The fraction of sp³-hybridized carbons (Fsp3) is 0.400. The van der Waals surface area contributed by atoms with Crippen LogP contribution in [0.15, 0.2) is 36.4 Å². The Balaban J connectivity index is 2.06. The van der Waals surface area contributed by atoms with Gasteiger partial charge in [-0.2, -0.15) is 0 Å². The summed E-state index contributed by atoms with van der Waals surface area (Å²) in [7, 11) is 0. The molecule has 0 unspecified atom stereocenters. The van der Waals surface area contributed by atoms with Crippen molar-refractivity contribution in [2.24, 2.45) is 0 Å². The summed E-state index contributed by atoms with van der Waals surface area (Å²) in [5.74, 6) is 1.43. The number of ether oxygens (including phenoxy) is 2. The van der Waals surface area contributed by atoms with Crippen molar-refractivity contribution in [3.05, 3.63) is 57.6 Å². The molecule has 0 bridgehead atoms. The van der Waals surface area contributed by atoms with Crippen molar-refractivity contribution in [3.63, 3.8) is 0 Å². The van der Waals surface area contributed by atoms with Crippen LogP contribution in [0.1, 0.15) is 37.8 Å². The predicted molar refractivity (Wildman–Crippen MR) is 105 cm³/mol. The first kappa shape index (κ1) is 19.9. The van der Waals surface area contributed by atoms with E-state index in [1.54, 1.807) is 12.1 Å². The third kappa shape index (κ3) is 6.10. The molecular weight excluding hydrogens is 357 g/mol. The van der Waals surface area contributed by atoms with Gasteiger partial charge in [-0.25, -0.2) is 0 Å². The van der Waals surface area contributed by atoms with Gasteiger partial charge >= 0.3 is 0 Å². The highest BCUT2D eigenvalue weighted by molar-refractivity contribution is 6.35. The SMILES string of the molecule is CCCCNCc1ccc(OCc2c(Cl)cccc2Cl)c(OCC)c1. The number of halogens is 2. The highest BCUT2D eigenvalue weighted by atomic mass is 35.5. The van der Waals surface area contributed by atoms with Gasteiger partial charge < -0.3 is 14.8 Å². The largest absolute Gasteiger partial charge is 0.490 e. The van der Waals surface area contributed by atoms with Crippen LogP contribution in [0.4, 0.5) is 0 Å². The van der Waals surface area contributed by atoms with Gasteiger partial charge in [0.25, 0.3) is 0 Å². The molecule has 25 heavy (non-hydrogen) atoms. The van der Waals surface area contributed by atoms with Crippen LogP contribution in [0.25, 0.3) is 0 Å². The third-order valence-electron chi connectivity index (χ3n) is 3.78. The van der Waals surface area contributed by atoms with Crippen LogP contribution in [-0.2, 0) is 13.2 Å². The van der Waals surface area contributed by atoms with Gasteiger partial charge in [0.05, 0.1) is 6.61 Å². The lowest BCUT2D eigenvalue weighted by Gasteiger charge is -2.15. The zero-order valence-corrected chi connectivity index (χ0v) is 16.3. The lowest BCUT2D eigenvalue weighted by molar-refractivity contribution is 0.269. The van der Waals surface area contributed by atoms with Crippen LogP contribution >= 0.6 is 23.2 Å². The van der Waals surface area contributed by atoms with Gasteiger partial charge in [-0.3, -0.25) is 0 Å². The summed E-state index contributed by atoms with van der Waals surface area (Å²) < 4.78 is 11.7. The minimum Gasteiger partial charge on any atom is -0.490 e. The average Bonchev–Trinajstić information content (AvgIpc) is 2.60. The minimum absolute atomic E-state index is 0.298. The molecule has 0 saturated heterocycles. The van der Waals surface area contributed by atoms with Crippen molar-refractivity contribution in [2.75, 3.05) is 13.2 Å². The van der Waals surface area contributed by atoms with Gasteiger partial charge in [0.1, 0.15) is 6.61 Å². The second kappa shape index (κ2) is 10.5. The minimum atomic E-state index is 0.298. The summed E-state index contributed by atoms with van der Waals surface area (Å²) in [5.41, 5.74) is 1.95. The van der Waals surface area contributed by atoms with Crippen LogP contribution < -0.4 is 14.8 Å². The van der Waals surface area contributed by atoms with Crippen molar-refractivity contribution < 1.29 is 9.47 Å². The van der Waals surface area contributed by atoms with Crippen LogP contribution in [0.3, 0.4) is 0 Å². The molecule has 2 aromatic rings. The number of hydrogen-bond donors (Lipinski definition) is 1. The molecule has 0 atom stereocenters. The third-order valence-corrected chi connectivity index (χ3v) is 4.49. The molecule has 2 aromatic carbocycles. The molecule has 0 amide bonds. The van der Waals surface area contributed by atoms with Gasteiger partial charge in [-0.15, -0.1) is 0 Å². The van der Waals surface area contributed by atoms with Gasteiger partial charge in [-0.05, 0) is 49.7 Å². The van der Waals surface area contributed by atoms with Gasteiger partial charge in [0.15, 0.2) is 11.5 Å². The fourth-order valence-electron chi connectivity index (χ4n) is 2.40. The Kier molecular flexibility index (Phi) is 8.39. The Morgan fingerprint density at radius 3 is 2.40 bits per heavy atom. The van der Waals surface area contributed by atoms with E-state index in [1.807, 2.05) is 31.2 Å². The van der Waals surface area contributed by atoms with Crippen LogP contribution in [0.5, 0.6) is 11.5 Å². The van der Waals surface area contributed by atoms with E-state index in [-0.39, 0.29) is 0 Å². The van der Waals surface area contributed by atoms with E-state index >= 15 is 0 Å². The molecule has 1 N–H and O–H groups in total. The first-order valence-electron chi connectivity index (χ1n) is 8.67. The Hall–Kier alpha value is -1.42. The predicted octanol–water partition coefficient (Wildman–Crippen LogP) is 5.86. The number of unbranched alkanes of at least 4 members (excludes halogenated alkanes) is 1. The van der Waals surface area contributed by atoms with E-state index in [0.717, 1.165) is 24.4 Å². The highest BCUT2D eigenvalue weighted by Crippen LogP contribution is 2.31. The molecule has 0 aliphatic carbocycles. The Bertz CT molecular complexity index is 656. The zero-order valence-electron chi connectivity index (χ0n) is 14.8. The molecule has 136 valence electrons. The smallest absolute Gasteiger partial charge is 0.161 e. The molecule has 0 saturated carbocycles. The molecule has 3 nitrogen and oxygen atoms in total. The van der Waals surface area contributed by atoms with Gasteiger partial charge in [0, 0.05) is 22.2 Å². The summed E-state index contributed by atoms with van der Waals surface area (Å²) in [6.07, 6.45) is 2.37. The van der Waals surface area contributed by atoms with Crippen LogP contribution in [0, 0.1) is 0 Å². The van der Waals surface area contributed by atoms with Crippen LogP contribution in [-0.4, -0.2) is 13.2 Å². The summed E-state index contributed by atoms with van der Waals surface area (Å²) in [5, 5.41) is 4.63. The number of benzene rings is 2. The standard InChI is InChI=1S/C20H25Cl2NO2/c1-3-5-11-23-13-15-9-10-19(20(12-15)24-4-2)25-14-16-17(21)7-6-8-18(16)22/h6-10,12,23H,3-5,11,13-14H2,1-2H3. The zero-order chi connectivity index (χ0) is 18.1. The highest BCUT2D eigenvalue weighted by Gasteiger charge is 2.10.